The van der Waals surface area contributed by atoms with Gasteiger partial charge in [0.15, 0.2) is 0 Å². The summed E-state index contributed by atoms with van der Waals surface area (Å²) in [4.78, 5) is 2.27. The van der Waals surface area contributed by atoms with Crippen LogP contribution in [0.4, 0.5) is 0 Å². The first-order valence-electron chi connectivity index (χ1n) is 6.78. The molecule has 0 bridgehead atoms. The number of nitrogens with zero attached hydrogens (tertiary/aromatic N) is 1. The highest BCUT2D eigenvalue weighted by Gasteiger charge is 2.11. The summed E-state index contributed by atoms with van der Waals surface area (Å²) >= 11 is 0. The van der Waals surface area contributed by atoms with E-state index in [9.17, 15) is 0 Å². The minimum atomic E-state index is 0.840. The van der Waals surface area contributed by atoms with Crippen LogP contribution in [0.3, 0.4) is 0 Å². The van der Waals surface area contributed by atoms with Crippen molar-refractivity contribution in [3.05, 3.63) is 0 Å². The molecule has 2 nitrogen and oxygen atoms in total. The maximum atomic E-state index is 3.21. The lowest BCUT2D eigenvalue weighted by molar-refractivity contribution is 0.292. The molecule has 2 unspecified atom stereocenters. The van der Waals surface area contributed by atoms with Gasteiger partial charge in [0.25, 0.3) is 0 Å². The molecule has 0 saturated heterocycles. The number of nitrogens with one attached hydrogen (secondary N) is 1. The Bertz CT molecular complexity index is 124. The fraction of sp³-hybridized carbons (Fsp3) is 1.00. The Balaban J connectivity index is 0. The lowest BCUT2D eigenvalue weighted by Crippen LogP contribution is -2.21. The minimum absolute atomic E-state index is 0.840. The van der Waals surface area contributed by atoms with E-state index in [1.54, 1.807) is 0 Å². The van der Waals surface area contributed by atoms with Gasteiger partial charge < -0.3 is 10.2 Å². The normalized spacial score (nSPS) is 14.2. The maximum absolute atomic E-state index is 3.21. The lowest BCUT2D eigenvalue weighted by Gasteiger charge is -2.21. The first kappa shape index (κ1) is 18.3. The van der Waals surface area contributed by atoms with Gasteiger partial charge in [0.2, 0.25) is 0 Å². The van der Waals surface area contributed by atoms with E-state index in [1.165, 1.54) is 25.8 Å². The standard InChI is InChI=1S/C11H26N2.C3H8/c1-10(6-8-12-3)11(2)7-9-13(4)5;1-3-2/h10-12H,6-9H2,1-5H3;3H2,1-2H3. The zero-order valence-electron chi connectivity index (χ0n) is 12.6. The van der Waals surface area contributed by atoms with Crippen molar-refractivity contribution in [3.63, 3.8) is 0 Å². The maximum Gasteiger partial charge on any atom is -0.00222 e. The van der Waals surface area contributed by atoms with Gasteiger partial charge in [-0.25, -0.2) is 0 Å². The van der Waals surface area contributed by atoms with Gasteiger partial charge in [0.05, 0.1) is 0 Å². The summed E-state index contributed by atoms with van der Waals surface area (Å²) in [6.07, 6.45) is 3.86. The van der Waals surface area contributed by atoms with Crippen molar-refractivity contribution in [2.45, 2.75) is 47.0 Å². The van der Waals surface area contributed by atoms with Crippen molar-refractivity contribution in [1.82, 2.24) is 10.2 Å². The van der Waals surface area contributed by atoms with E-state index in [2.05, 4.69) is 52.0 Å². The van der Waals surface area contributed by atoms with Crippen LogP contribution < -0.4 is 5.32 Å². The van der Waals surface area contributed by atoms with Gasteiger partial charge >= 0.3 is 0 Å². The predicted molar refractivity (Wildman–Crippen MR) is 76.0 cm³/mol. The number of hydrogen-bond acceptors (Lipinski definition) is 2. The molecule has 0 aromatic carbocycles. The molecule has 0 spiro atoms. The van der Waals surface area contributed by atoms with Gasteiger partial charge in [-0.3, -0.25) is 0 Å². The molecule has 0 fully saturated rings. The molecule has 0 amide bonds. The third-order valence-corrected chi connectivity index (χ3v) is 2.85. The highest BCUT2D eigenvalue weighted by molar-refractivity contribution is 4.64. The molecular weight excluding hydrogens is 196 g/mol. The zero-order valence-corrected chi connectivity index (χ0v) is 12.6. The summed E-state index contributed by atoms with van der Waals surface area (Å²) in [5.74, 6) is 1.68. The molecule has 2 atom stereocenters. The lowest BCUT2D eigenvalue weighted by atomic mass is 9.90. The molecule has 16 heavy (non-hydrogen) atoms. The van der Waals surface area contributed by atoms with Crippen molar-refractivity contribution < 1.29 is 0 Å². The topological polar surface area (TPSA) is 15.3 Å². The van der Waals surface area contributed by atoms with E-state index in [4.69, 9.17) is 0 Å². The van der Waals surface area contributed by atoms with Crippen LogP contribution in [0.15, 0.2) is 0 Å². The molecule has 0 aliphatic rings. The van der Waals surface area contributed by atoms with E-state index in [0.717, 1.165) is 18.4 Å². The number of rotatable bonds is 7. The summed E-state index contributed by atoms with van der Waals surface area (Å²) in [5.41, 5.74) is 0. The molecule has 0 radical (unpaired) electrons. The Morgan fingerprint density at radius 2 is 1.44 bits per heavy atom. The SMILES string of the molecule is CCC.CNCCC(C)C(C)CCN(C)C. The second-order valence-corrected chi connectivity index (χ2v) is 5.15. The van der Waals surface area contributed by atoms with Crippen LogP contribution >= 0.6 is 0 Å². The second kappa shape index (κ2) is 13.0. The molecule has 0 heterocycles. The van der Waals surface area contributed by atoms with Crippen molar-refractivity contribution in [2.24, 2.45) is 11.8 Å². The van der Waals surface area contributed by atoms with E-state index in [-0.39, 0.29) is 0 Å². The average Bonchev–Trinajstić information content (AvgIpc) is 2.23. The number of hydrogen-bond donors (Lipinski definition) is 1. The molecule has 0 aromatic rings. The summed E-state index contributed by atoms with van der Waals surface area (Å²) < 4.78 is 0. The van der Waals surface area contributed by atoms with Crippen LogP contribution in [-0.4, -0.2) is 39.1 Å². The highest BCUT2D eigenvalue weighted by atomic mass is 15.0. The van der Waals surface area contributed by atoms with E-state index in [0.29, 0.717) is 0 Å². The van der Waals surface area contributed by atoms with Crippen LogP contribution in [-0.2, 0) is 0 Å². The first-order chi connectivity index (χ1) is 7.49. The smallest absolute Gasteiger partial charge is 0.00222 e. The van der Waals surface area contributed by atoms with Gasteiger partial charge in [-0.05, 0) is 58.9 Å². The molecule has 100 valence electrons. The van der Waals surface area contributed by atoms with Crippen LogP contribution in [0.5, 0.6) is 0 Å². The third-order valence-electron chi connectivity index (χ3n) is 2.85. The molecule has 0 aromatic heterocycles. The van der Waals surface area contributed by atoms with Gasteiger partial charge in [-0.15, -0.1) is 0 Å². The molecular formula is C14H34N2. The second-order valence-electron chi connectivity index (χ2n) is 5.15. The summed E-state index contributed by atoms with van der Waals surface area (Å²) in [7, 11) is 6.31. The Kier molecular flexibility index (Phi) is 14.8. The molecule has 0 aliphatic heterocycles. The monoisotopic (exact) mass is 230 g/mol. The largest absolute Gasteiger partial charge is 0.320 e. The van der Waals surface area contributed by atoms with E-state index >= 15 is 0 Å². The van der Waals surface area contributed by atoms with Crippen molar-refractivity contribution in [3.8, 4) is 0 Å². The summed E-state index contributed by atoms with van der Waals surface area (Å²) in [6.45, 7) is 11.3. The van der Waals surface area contributed by atoms with Gasteiger partial charge in [0.1, 0.15) is 0 Å². The van der Waals surface area contributed by atoms with Crippen molar-refractivity contribution >= 4 is 0 Å². The minimum Gasteiger partial charge on any atom is -0.320 e. The average molecular weight is 230 g/mol. The van der Waals surface area contributed by atoms with Crippen LogP contribution in [0.25, 0.3) is 0 Å². The van der Waals surface area contributed by atoms with Crippen LogP contribution in [0.1, 0.15) is 47.0 Å². The fourth-order valence-electron chi connectivity index (χ4n) is 1.40. The van der Waals surface area contributed by atoms with E-state index in [1.807, 2.05) is 7.05 Å². The van der Waals surface area contributed by atoms with Gasteiger partial charge in [0, 0.05) is 0 Å². The van der Waals surface area contributed by atoms with Gasteiger partial charge in [-0.1, -0.05) is 34.1 Å². The van der Waals surface area contributed by atoms with Crippen LogP contribution in [0, 0.1) is 11.8 Å². The quantitative estimate of drug-likeness (QED) is 0.722. The van der Waals surface area contributed by atoms with Gasteiger partial charge in [-0.2, -0.15) is 0 Å². The van der Waals surface area contributed by atoms with Crippen LogP contribution in [0.2, 0.25) is 0 Å². The molecule has 0 aliphatic carbocycles. The molecule has 2 heteroatoms. The molecule has 0 saturated carbocycles. The Labute approximate surface area is 104 Å². The Hall–Kier alpha value is -0.0800. The highest BCUT2D eigenvalue weighted by Crippen LogP contribution is 2.17. The predicted octanol–water partition coefficient (Wildman–Crippen LogP) is 3.24. The van der Waals surface area contributed by atoms with E-state index < -0.39 is 0 Å². The van der Waals surface area contributed by atoms with Crippen molar-refractivity contribution in [1.29, 1.82) is 0 Å². The Morgan fingerprint density at radius 1 is 1.00 bits per heavy atom. The van der Waals surface area contributed by atoms with Crippen molar-refractivity contribution in [2.75, 3.05) is 34.2 Å². The summed E-state index contributed by atoms with van der Waals surface area (Å²) in [6, 6.07) is 0. The molecule has 1 N–H and O–H groups in total. The zero-order chi connectivity index (χ0) is 13.0. The molecule has 0 rings (SSSR count). The summed E-state index contributed by atoms with van der Waals surface area (Å²) in [5, 5.41) is 3.21. The fourth-order valence-corrected chi connectivity index (χ4v) is 1.40. The Morgan fingerprint density at radius 3 is 1.81 bits per heavy atom. The first-order valence-corrected chi connectivity index (χ1v) is 6.78. The third kappa shape index (κ3) is 13.9.